The van der Waals surface area contributed by atoms with Gasteiger partial charge in [-0.2, -0.15) is 5.26 Å². The lowest BCUT2D eigenvalue weighted by atomic mass is 10.2. The maximum Gasteiger partial charge on any atom is 0.338 e. The Kier molecular flexibility index (Phi) is 2.22. The molecule has 1 heterocycles. The number of carbonyl (C=O) groups is 2. The van der Waals surface area contributed by atoms with Crippen molar-refractivity contribution in [1.29, 1.82) is 5.26 Å². The Morgan fingerprint density at radius 1 is 1.24 bits per heavy atom. The molecule has 0 aliphatic carbocycles. The van der Waals surface area contributed by atoms with E-state index in [0.29, 0.717) is 0 Å². The molecule has 8 nitrogen and oxygen atoms in total. The smallest absolute Gasteiger partial charge is 0.261 e. The lowest BCUT2D eigenvalue weighted by Gasteiger charge is -1.99. The van der Waals surface area contributed by atoms with Crippen molar-refractivity contribution in [3.05, 3.63) is 38.5 Å². The molecule has 0 fully saturated rings. The molecule has 1 aromatic carbocycles. The monoisotopic (exact) mass is 230 g/mol. The SMILES string of the molecule is N#Cc1cc([N+](=O)[O-])cc2c1=NC(=O)C(=O)N=2. The molecule has 0 N–H and O–H groups in total. The number of hydrogen-bond acceptors (Lipinski definition) is 5. The van der Waals surface area contributed by atoms with Crippen LogP contribution in [-0.4, -0.2) is 16.7 Å². The Labute approximate surface area is 92.7 Å². The molecule has 0 radical (unpaired) electrons. The molecule has 0 spiro atoms. The highest BCUT2D eigenvalue weighted by atomic mass is 16.6. The third-order valence-corrected chi connectivity index (χ3v) is 2.02. The minimum absolute atomic E-state index is 0.109. The van der Waals surface area contributed by atoms with Gasteiger partial charge in [-0.3, -0.25) is 19.7 Å². The molecule has 0 saturated heterocycles. The number of nitrogens with zero attached hydrogens (tertiary/aromatic N) is 4. The van der Waals surface area contributed by atoms with Crippen LogP contribution in [0.1, 0.15) is 5.56 Å². The zero-order valence-electron chi connectivity index (χ0n) is 8.08. The van der Waals surface area contributed by atoms with Crippen molar-refractivity contribution in [3.8, 4) is 6.07 Å². The molecule has 17 heavy (non-hydrogen) atoms. The van der Waals surface area contributed by atoms with Crippen molar-refractivity contribution in [2.45, 2.75) is 0 Å². The number of amides is 2. The molecule has 0 bridgehead atoms. The van der Waals surface area contributed by atoms with Gasteiger partial charge in [0.1, 0.15) is 16.8 Å². The van der Waals surface area contributed by atoms with Crippen molar-refractivity contribution in [3.63, 3.8) is 0 Å². The number of nitro groups is 1. The van der Waals surface area contributed by atoms with Gasteiger partial charge in [-0.1, -0.05) is 0 Å². The van der Waals surface area contributed by atoms with Crippen LogP contribution in [0.2, 0.25) is 0 Å². The molecule has 1 aliphatic heterocycles. The first kappa shape index (κ1) is 10.6. The maximum absolute atomic E-state index is 11.0. The Bertz CT molecular complexity index is 729. The van der Waals surface area contributed by atoms with Crippen molar-refractivity contribution < 1.29 is 14.5 Å². The number of rotatable bonds is 1. The van der Waals surface area contributed by atoms with E-state index in [0.717, 1.165) is 12.1 Å². The molecule has 0 atom stereocenters. The van der Waals surface area contributed by atoms with Crippen molar-refractivity contribution in [2.24, 2.45) is 9.98 Å². The molecule has 0 saturated carbocycles. The van der Waals surface area contributed by atoms with Gasteiger partial charge in [0.05, 0.1) is 10.5 Å². The number of hydrogen-bond donors (Lipinski definition) is 0. The Morgan fingerprint density at radius 3 is 2.47 bits per heavy atom. The minimum atomic E-state index is -1.11. The second kappa shape index (κ2) is 3.57. The van der Waals surface area contributed by atoms with Crippen LogP contribution >= 0.6 is 0 Å². The third kappa shape index (κ3) is 1.65. The highest BCUT2D eigenvalue weighted by Gasteiger charge is 2.19. The van der Waals surface area contributed by atoms with Gasteiger partial charge < -0.3 is 0 Å². The molecular weight excluding hydrogens is 228 g/mol. The summed E-state index contributed by atoms with van der Waals surface area (Å²) in [6, 6.07) is 3.63. The zero-order chi connectivity index (χ0) is 12.6. The van der Waals surface area contributed by atoms with E-state index in [1.54, 1.807) is 6.07 Å². The molecule has 82 valence electrons. The molecule has 0 aromatic heterocycles. The lowest BCUT2D eigenvalue weighted by molar-refractivity contribution is -0.385. The Hall–Kier alpha value is -2.95. The number of nitro benzene ring substituents is 1. The van der Waals surface area contributed by atoms with E-state index in [-0.39, 0.29) is 22.0 Å². The highest BCUT2D eigenvalue weighted by Crippen LogP contribution is 2.07. The van der Waals surface area contributed by atoms with Gasteiger partial charge in [0.15, 0.2) is 0 Å². The summed E-state index contributed by atoms with van der Waals surface area (Å²) in [4.78, 5) is 38.5. The zero-order valence-corrected chi connectivity index (χ0v) is 8.08. The van der Waals surface area contributed by atoms with Crippen LogP contribution in [0.4, 0.5) is 5.69 Å². The van der Waals surface area contributed by atoms with Crippen LogP contribution in [0.25, 0.3) is 0 Å². The van der Waals surface area contributed by atoms with Crippen LogP contribution in [-0.2, 0) is 9.59 Å². The van der Waals surface area contributed by atoms with Gasteiger partial charge in [0, 0.05) is 12.1 Å². The van der Waals surface area contributed by atoms with E-state index < -0.39 is 16.7 Å². The maximum atomic E-state index is 11.0. The van der Waals surface area contributed by atoms with Crippen LogP contribution in [0, 0.1) is 21.4 Å². The van der Waals surface area contributed by atoms with Gasteiger partial charge in [0.2, 0.25) is 0 Å². The number of carbonyl (C=O) groups excluding carboxylic acids is 2. The molecular formula is C9H2N4O4. The highest BCUT2D eigenvalue weighted by molar-refractivity contribution is 6.36. The second-order valence-corrected chi connectivity index (χ2v) is 3.06. The first-order valence-electron chi connectivity index (χ1n) is 4.27. The third-order valence-electron chi connectivity index (χ3n) is 2.02. The number of nitriles is 1. The fraction of sp³-hybridized carbons (Fsp3) is 0. The van der Waals surface area contributed by atoms with E-state index in [2.05, 4.69) is 9.98 Å². The van der Waals surface area contributed by atoms with Crippen LogP contribution in [0.5, 0.6) is 0 Å². The van der Waals surface area contributed by atoms with E-state index in [1.807, 2.05) is 0 Å². The van der Waals surface area contributed by atoms with Crippen molar-refractivity contribution in [1.82, 2.24) is 0 Å². The first-order chi connectivity index (χ1) is 8.02. The summed E-state index contributed by atoms with van der Waals surface area (Å²) in [5.41, 5.74) is -0.555. The van der Waals surface area contributed by atoms with Gasteiger partial charge in [0.25, 0.3) is 5.69 Å². The number of fused-ring (bicyclic) bond motifs is 1. The summed E-state index contributed by atoms with van der Waals surface area (Å²) in [6.45, 7) is 0. The van der Waals surface area contributed by atoms with Crippen molar-refractivity contribution >= 4 is 17.5 Å². The van der Waals surface area contributed by atoms with E-state index in [9.17, 15) is 19.7 Å². The normalized spacial score (nSPS) is 13.1. The van der Waals surface area contributed by atoms with Gasteiger partial charge in [-0.15, -0.1) is 0 Å². The topological polar surface area (TPSA) is 126 Å². The summed E-state index contributed by atoms with van der Waals surface area (Å²) in [7, 11) is 0. The van der Waals surface area contributed by atoms with Crippen LogP contribution in [0.15, 0.2) is 22.1 Å². The molecule has 1 aliphatic rings. The molecule has 1 aromatic rings. The quantitative estimate of drug-likeness (QED) is 0.339. The average Bonchev–Trinajstić information content (AvgIpc) is 2.29. The average molecular weight is 230 g/mol. The van der Waals surface area contributed by atoms with Gasteiger partial charge >= 0.3 is 11.8 Å². The Morgan fingerprint density at radius 2 is 1.88 bits per heavy atom. The molecule has 2 amide bonds. The molecule has 2 rings (SSSR count). The summed E-state index contributed by atoms with van der Waals surface area (Å²) in [6.07, 6.45) is 0. The first-order valence-corrected chi connectivity index (χ1v) is 4.27. The predicted molar refractivity (Wildman–Crippen MR) is 50.1 cm³/mol. The standard InChI is InChI=1S/C9H2N4O4/c10-3-4-1-5(13(16)17)2-6-7(4)12-9(15)8(14)11-6/h1-2H. The van der Waals surface area contributed by atoms with E-state index in [4.69, 9.17) is 5.26 Å². The molecule has 8 heteroatoms. The minimum Gasteiger partial charge on any atom is -0.261 e. The van der Waals surface area contributed by atoms with E-state index >= 15 is 0 Å². The van der Waals surface area contributed by atoms with Gasteiger partial charge in [-0.05, 0) is 0 Å². The van der Waals surface area contributed by atoms with Crippen LogP contribution in [0.3, 0.4) is 0 Å². The number of benzene rings is 1. The summed E-state index contributed by atoms with van der Waals surface area (Å²) < 4.78 is 0. The largest absolute Gasteiger partial charge is 0.338 e. The second-order valence-electron chi connectivity index (χ2n) is 3.06. The van der Waals surface area contributed by atoms with Crippen LogP contribution < -0.4 is 10.7 Å². The van der Waals surface area contributed by atoms with Crippen molar-refractivity contribution in [2.75, 3.05) is 0 Å². The van der Waals surface area contributed by atoms with Gasteiger partial charge in [-0.25, -0.2) is 9.98 Å². The fourth-order valence-corrected chi connectivity index (χ4v) is 1.30. The lowest BCUT2D eigenvalue weighted by Crippen LogP contribution is -2.36. The summed E-state index contributed by atoms with van der Waals surface area (Å²) >= 11 is 0. The van der Waals surface area contributed by atoms with E-state index in [1.165, 1.54) is 0 Å². The number of non-ortho nitro benzene ring substituents is 1. The predicted octanol–water partition coefficient (Wildman–Crippen LogP) is -1.23. The Balaban J connectivity index is 2.92. The summed E-state index contributed by atoms with van der Waals surface area (Å²) in [5, 5.41) is 19.1. The molecule has 0 unspecified atom stereocenters. The summed E-state index contributed by atoms with van der Waals surface area (Å²) in [5.74, 6) is -2.20. The fourth-order valence-electron chi connectivity index (χ4n) is 1.30.